The molecule has 0 spiro atoms. The summed E-state index contributed by atoms with van der Waals surface area (Å²) in [6.45, 7) is 1.05. The third kappa shape index (κ3) is 3.67. The van der Waals surface area contributed by atoms with Crippen LogP contribution in [-0.4, -0.2) is 48.4 Å². The molecule has 1 aliphatic heterocycles. The van der Waals surface area contributed by atoms with Crippen molar-refractivity contribution in [3.05, 3.63) is 0 Å². The van der Waals surface area contributed by atoms with Crippen LogP contribution in [0.3, 0.4) is 0 Å². The van der Waals surface area contributed by atoms with E-state index in [1.54, 1.807) is 0 Å². The van der Waals surface area contributed by atoms with Gasteiger partial charge in [0.25, 0.3) is 0 Å². The monoisotopic (exact) mass is 271 g/mol. The fraction of sp³-hybridized carbons (Fsp3) is 0.846. The van der Waals surface area contributed by atoms with Crippen LogP contribution < -0.4 is 5.32 Å². The topological polar surface area (TPSA) is 84.9 Å². The Morgan fingerprint density at radius 3 is 2.63 bits per heavy atom. The quantitative estimate of drug-likeness (QED) is 0.742. The summed E-state index contributed by atoms with van der Waals surface area (Å²) in [4.78, 5) is 23.0. The van der Waals surface area contributed by atoms with Crippen molar-refractivity contribution in [3.63, 3.8) is 0 Å². The van der Waals surface area contributed by atoms with E-state index >= 15 is 0 Å². The molecule has 1 heterocycles. The molecule has 6 nitrogen and oxygen atoms in total. The molecule has 0 aromatic heterocycles. The van der Waals surface area contributed by atoms with Crippen LogP contribution in [0, 0.1) is 0 Å². The van der Waals surface area contributed by atoms with Crippen LogP contribution in [0.4, 0.5) is 0 Å². The molecule has 6 heteroatoms. The van der Waals surface area contributed by atoms with E-state index in [0.29, 0.717) is 19.4 Å². The van der Waals surface area contributed by atoms with Crippen LogP contribution in [0.5, 0.6) is 0 Å². The molecule has 2 N–H and O–H groups in total. The Balaban J connectivity index is 1.72. The number of carbonyl (C=O) groups is 2. The minimum Gasteiger partial charge on any atom is -0.480 e. The molecule has 2 fully saturated rings. The molecule has 1 atom stereocenters. The third-order valence-electron chi connectivity index (χ3n) is 3.81. The maximum absolute atomic E-state index is 11.7. The fourth-order valence-corrected chi connectivity index (χ4v) is 2.73. The molecule has 0 radical (unpaired) electrons. The van der Waals surface area contributed by atoms with E-state index in [9.17, 15) is 14.7 Å². The van der Waals surface area contributed by atoms with Crippen LogP contribution in [0.15, 0.2) is 0 Å². The van der Waals surface area contributed by atoms with Crippen LogP contribution in [0.25, 0.3) is 0 Å². The van der Waals surface area contributed by atoms with Crippen LogP contribution in [0.2, 0.25) is 0 Å². The molecule has 108 valence electrons. The van der Waals surface area contributed by atoms with Gasteiger partial charge in [-0.05, 0) is 25.7 Å². The highest BCUT2D eigenvalue weighted by Gasteiger charge is 2.42. The molecule has 0 unspecified atom stereocenters. The second kappa shape index (κ2) is 6.34. The van der Waals surface area contributed by atoms with Gasteiger partial charge in [-0.15, -0.1) is 0 Å². The van der Waals surface area contributed by atoms with Crippen LogP contribution >= 0.6 is 0 Å². The number of nitrogens with one attached hydrogen (secondary N) is 1. The van der Waals surface area contributed by atoms with Crippen molar-refractivity contribution in [1.82, 2.24) is 5.32 Å². The molecule has 0 aromatic rings. The second-order valence-corrected chi connectivity index (χ2v) is 5.29. The lowest BCUT2D eigenvalue weighted by Gasteiger charge is -2.25. The average Bonchev–Trinajstić information content (AvgIpc) is 3.00. The van der Waals surface area contributed by atoms with Gasteiger partial charge in [0.1, 0.15) is 12.1 Å². The minimum atomic E-state index is -1.08. The van der Waals surface area contributed by atoms with Crippen LogP contribution in [-0.2, 0) is 19.1 Å². The van der Waals surface area contributed by atoms with Gasteiger partial charge in [-0.25, -0.2) is 4.79 Å². The lowest BCUT2D eigenvalue weighted by molar-refractivity contribution is -0.148. The molecule has 1 saturated carbocycles. The molecule has 1 aliphatic carbocycles. The largest absolute Gasteiger partial charge is 0.480 e. The summed E-state index contributed by atoms with van der Waals surface area (Å²) in [5.74, 6) is -1.31. The minimum absolute atomic E-state index is 0.0766. The number of hydrogen-bond donors (Lipinski definition) is 2. The maximum atomic E-state index is 11.7. The van der Waals surface area contributed by atoms with Crippen molar-refractivity contribution < 1.29 is 24.2 Å². The van der Waals surface area contributed by atoms with Crippen molar-refractivity contribution >= 4 is 11.9 Å². The molecular formula is C13H21NO5. The van der Waals surface area contributed by atoms with E-state index in [0.717, 1.165) is 32.3 Å². The zero-order valence-electron chi connectivity index (χ0n) is 11.0. The van der Waals surface area contributed by atoms with E-state index in [4.69, 9.17) is 9.47 Å². The number of carbonyl (C=O) groups excluding carboxylic acids is 1. The average molecular weight is 271 g/mol. The summed E-state index contributed by atoms with van der Waals surface area (Å²) in [6.07, 6.45) is 4.74. The van der Waals surface area contributed by atoms with Gasteiger partial charge in [0.2, 0.25) is 5.91 Å². The standard InChI is InChI=1S/C13H21NO5/c15-11(9-18-8-10-4-3-7-19-10)14-13(12(16)17)5-1-2-6-13/h10H,1-9H2,(H,14,15)(H,16,17)/t10-/m0/s1. The summed E-state index contributed by atoms with van der Waals surface area (Å²) in [5, 5.41) is 11.8. The normalized spacial score (nSPS) is 25.4. The number of ether oxygens (including phenoxy) is 2. The van der Waals surface area contributed by atoms with Gasteiger partial charge in [0.05, 0.1) is 12.7 Å². The molecule has 0 bridgehead atoms. The first kappa shape index (κ1) is 14.3. The Kier molecular flexibility index (Phi) is 4.76. The molecule has 1 saturated heterocycles. The summed E-state index contributed by atoms with van der Waals surface area (Å²) >= 11 is 0. The lowest BCUT2D eigenvalue weighted by Crippen LogP contribution is -2.53. The van der Waals surface area contributed by atoms with Gasteiger partial charge < -0.3 is 19.9 Å². The van der Waals surface area contributed by atoms with Crippen LogP contribution in [0.1, 0.15) is 38.5 Å². The Labute approximate surface area is 112 Å². The second-order valence-electron chi connectivity index (χ2n) is 5.29. The van der Waals surface area contributed by atoms with Gasteiger partial charge in [-0.1, -0.05) is 12.8 Å². The van der Waals surface area contributed by atoms with Gasteiger partial charge in [0, 0.05) is 6.61 Å². The van der Waals surface area contributed by atoms with E-state index < -0.39 is 11.5 Å². The van der Waals surface area contributed by atoms with Crippen molar-refractivity contribution in [3.8, 4) is 0 Å². The smallest absolute Gasteiger partial charge is 0.329 e. The van der Waals surface area contributed by atoms with E-state index in [1.807, 2.05) is 0 Å². The van der Waals surface area contributed by atoms with Crippen molar-refractivity contribution in [2.45, 2.75) is 50.2 Å². The molecule has 2 aliphatic rings. The predicted octanol–water partition coefficient (Wildman–Crippen LogP) is 0.696. The number of hydrogen-bond acceptors (Lipinski definition) is 4. The van der Waals surface area contributed by atoms with Gasteiger partial charge in [-0.3, -0.25) is 4.79 Å². The zero-order valence-corrected chi connectivity index (χ0v) is 11.0. The first-order chi connectivity index (χ1) is 9.12. The zero-order chi connectivity index (χ0) is 13.7. The Bertz CT molecular complexity index is 332. The van der Waals surface area contributed by atoms with E-state index in [2.05, 4.69) is 5.32 Å². The SMILES string of the molecule is O=C(COC[C@@H]1CCCO1)NC1(C(=O)O)CCCC1. The number of carboxylic acids is 1. The van der Waals surface area contributed by atoms with Crippen molar-refractivity contribution in [2.75, 3.05) is 19.8 Å². The highest BCUT2D eigenvalue weighted by atomic mass is 16.5. The number of rotatable bonds is 6. The molecular weight excluding hydrogens is 250 g/mol. The number of aliphatic carboxylic acids is 1. The summed E-state index contributed by atoms with van der Waals surface area (Å²) in [6, 6.07) is 0. The molecule has 1 amide bonds. The van der Waals surface area contributed by atoms with E-state index in [1.165, 1.54) is 0 Å². The van der Waals surface area contributed by atoms with Gasteiger partial charge >= 0.3 is 5.97 Å². The number of carboxylic acid groups (broad SMARTS) is 1. The summed E-state index contributed by atoms with van der Waals surface area (Å²) in [5.41, 5.74) is -1.08. The first-order valence-electron chi connectivity index (χ1n) is 6.86. The first-order valence-corrected chi connectivity index (χ1v) is 6.86. The third-order valence-corrected chi connectivity index (χ3v) is 3.81. The summed E-state index contributed by atoms with van der Waals surface area (Å²) in [7, 11) is 0. The molecule has 19 heavy (non-hydrogen) atoms. The van der Waals surface area contributed by atoms with Gasteiger partial charge in [0.15, 0.2) is 0 Å². The van der Waals surface area contributed by atoms with Gasteiger partial charge in [-0.2, -0.15) is 0 Å². The Morgan fingerprint density at radius 1 is 1.32 bits per heavy atom. The molecule has 2 rings (SSSR count). The summed E-state index contributed by atoms with van der Waals surface area (Å²) < 4.78 is 10.7. The lowest BCUT2D eigenvalue weighted by atomic mass is 9.98. The highest BCUT2D eigenvalue weighted by Crippen LogP contribution is 2.29. The Hall–Kier alpha value is -1.14. The van der Waals surface area contributed by atoms with E-state index in [-0.39, 0.29) is 18.6 Å². The fourth-order valence-electron chi connectivity index (χ4n) is 2.73. The number of amides is 1. The predicted molar refractivity (Wildman–Crippen MR) is 66.8 cm³/mol. The van der Waals surface area contributed by atoms with Crippen molar-refractivity contribution in [2.24, 2.45) is 0 Å². The molecule has 0 aromatic carbocycles. The van der Waals surface area contributed by atoms with Crippen molar-refractivity contribution in [1.29, 1.82) is 0 Å². The highest BCUT2D eigenvalue weighted by molar-refractivity contribution is 5.87. The maximum Gasteiger partial charge on any atom is 0.329 e. The Morgan fingerprint density at radius 2 is 2.05 bits per heavy atom.